The molecule has 150 valence electrons. The normalized spacial score (nSPS) is 15.7. The van der Waals surface area contributed by atoms with E-state index in [0.29, 0.717) is 45.0 Å². The molecule has 6 heteroatoms. The van der Waals surface area contributed by atoms with Crippen LogP contribution in [0, 0.1) is 11.8 Å². The van der Waals surface area contributed by atoms with Crippen LogP contribution in [0.15, 0.2) is 28.7 Å². The van der Waals surface area contributed by atoms with Gasteiger partial charge in [0.2, 0.25) is 5.91 Å². The van der Waals surface area contributed by atoms with Crippen molar-refractivity contribution in [3.8, 4) is 0 Å². The number of amides is 2. The largest absolute Gasteiger partial charge is 0.449 e. The molecule has 1 saturated heterocycles. The Morgan fingerprint density at radius 1 is 1.22 bits per heavy atom. The minimum atomic E-state index is -0.265. The molecule has 0 saturated carbocycles. The van der Waals surface area contributed by atoms with Crippen LogP contribution in [0.1, 0.15) is 46.1 Å². The number of carbonyl (C=O) groups excluding carboxylic acids is 2. The number of ether oxygens (including phenoxy) is 1. The Labute approximate surface area is 171 Å². The number of carbonyl (C=O) groups is 2. The van der Waals surface area contributed by atoms with E-state index in [1.54, 1.807) is 4.90 Å². The van der Waals surface area contributed by atoms with Crippen molar-refractivity contribution in [3.63, 3.8) is 0 Å². The lowest BCUT2D eigenvalue weighted by molar-refractivity contribution is -0.126. The van der Waals surface area contributed by atoms with Crippen LogP contribution >= 0.6 is 15.9 Å². The minimum absolute atomic E-state index is 0.0418. The van der Waals surface area contributed by atoms with Gasteiger partial charge in [-0.15, -0.1) is 0 Å². The van der Waals surface area contributed by atoms with Crippen LogP contribution in [-0.2, 0) is 14.9 Å². The number of likely N-dealkylation sites (tertiary alicyclic amines) is 1. The number of nitrogens with one attached hydrogen (secondary N) is 1. The number of piperidine rings is 1. The molecule has 2 rings (SSSR count). The molecule has 0 radical (unpaired) electrons. The van der Waals surface area contributed by atoms with Crippen LogP contribution in [0.5, 0.6) is 0 Å². The Kier molecular flexibility index (Phi) is 7.71. The molecule has 0 aromatic heterocycles. The SMILES string of the molecule is CC(C)COC(=O)N1CCC(C(=O)NCC(C)(C)c2ccc(Br)cc2)CC1. The summed E-state index contributed by atoms with van der Waals surface area (Å²) >= 11 is 3.45. The summed E-state index contributed by atoms with van der Waals surface area (Å²) in [5.41, 5.74) is 1.05. The van der Waals surface area contributed by atoms with E-state index >= 15 is 0 Å². The van der Waals surface area contributed by atoms with Crippen molar-refractivity contribution in [2.75, 3.05) is 26.2 Å². The first-order valence-corrected chi connectivity index (χ1v) is 10.4. The third-order valence-electron chi connectivity index (χ3n) is 4.99. The van der Waals surface area contributed by atoms with E-state index in [9.17, 15) is 9.59 Å². The number of halogens is 1. The van der Waals surface area contributed by atoms with Gasteiger partial charge >= 0.3 is 6.09 Å². The van der Waals surface area contributed by atoms with Gasteiger partial charge in [0.15, 0.2) is 0 Å². The van der Waals surface area contributed by atoms with Gasteiger partial charge in [-0.3, -0.25) is 4.79 Å². The Morgan fingerprint density at radius 2 is 1.81 bits per heavy atom. The van der Waals surface area contributed by atoms with Crippen molar-refractivity contribution in [2.45, 2.75) is 46.0 Å². The maximum absolute atomic E-state index is 12.6. The lowest BCUT2D eigenvalue weighted by Gasteiger charge is -2.32. The summed E-state index contributed by atoms with van der Waals surface area (Å²) in [5.74, 6) is 0.363. The van der Waals surface area contributed by atoms with Gasteiger partial charge < -0.3 is 15.0 Å². The maximum atomic E-state index is 12.6. The van der Waals surface area contributed by atoms with E-state index < -0.39 is 0 Å². The number of benzene rings is 1. The van der Waals surface area contributed by atoms with Crippen molar-refractivity contribution >= 4 is 27.9 Å². The number of nitrogens with zero attached hydrogens (tertiary/aromatic N) is 1. The standard InChI is InChI=1S/C21H31BrN2O3/c1-15(2)13-27-20(26)24-11-9-16(10-12-24)19(25)23-14-21(3,4)17-5-7-18(22)8-6-17/h5-8,15-16H,9-14H2,1-4H3,(H,23,25). The summed E-state index contributed by atoms with van der Waals surface area (Å²) in [7, 11) is 0. The second-order valence-corrected chi connectivity index (χ2v) is 9.26. The first-order valence-electron chi connectivity index (χ1n) is 9.64. The van der Waals surface area contributed by atoms with E-state index in [1.807, 2.05) is 26.0 Å². The van der Waals surface area contributed by atoms with Gasteiger partial charge in [-0.05, 0) is 36.5 Å². The van der Waals surface area contributed by atoms with Crippen LogP contribution < -0.4 is 5.32 Å². The molecule has 1 aromatic carbocycles. The Morgan fingerprint density at radius 3 is 2.37 bits per heavy atom. The Hall–Kier alpha value is -1.56. The van der Waals surface area contributed by atoms with E-state index in [-0.39, 0.29) is 23.3 Å². The zero-order valence-corrected chi connectivity index (χ0v) is 18.3. The van der Waals surface area contributed by atoms with Crippen molar-refractivity contribution < 1.29 is 14.3 Å². The molecule has 1 aliphatic heterocycles. The second-order valence-electron chi connectivity index (χ2n) is 8.34. The summed E-state index contributed by atoms with van der Waals surface area (Å²) in [4.78, 5) is 26.3. The maximum Gasteiger partial charge on any atom is 0.409 e. The third kappa shape index (κ3) is 6.52. The second kappa shape index (κ2) is 9.58. The van der Waals surface area contributed by atoms with Gasteiger partial charge in [-0.1, -0.05) is 55.8 Å². The van der Waals surface area contributed by atoms with Crippen LogP contribution in [0.2, 0.25) is 0 Å². The molecular weight excluding hydrogens is 408 g/mol. The van der Waals surface area contributed by atoms with Crippen LogP contribution in [0.25, 0.3) is 0 Å². The van der Waals surface area contributed by atoms with Gasteiger partial charge in [0.05, 0.1) is 6.61 Å². The van der Waals surface area contributed by atoms with Gasteiger partial charge in [-0.2, -0.15) is 0 Å². The first-order chi connectivity index (χ1) is 12.7. The molecule has 0 spiro atoms. The predicted octanol–water partition coefficient (Wildman–Crippen LogP) is 4.35. The van der Waals surface area contributed by atoms with E-state index in [1.165, 1.54) is 5.56 Å². The minimum Gasteiger partial charge on any atom is -0.449 e. The highest BCUT2D eigenvalue weighted by molar-refractivity contribution is 9.10. The highest BCUT2D eigenvalue weighted by atomic mass is 79.9. The summed E-state index contributed by atoms with van der Waals surface area (Å²) in [6.07, 6.45) is 1.10. The Bertz CT molecular complexity index is 635. The van der Waals surface area contributed by atoms with E-state index in [4.69, 9.17) is 4.74 Å². The van der Waals surface area contributed by atoms with Gasteiger partial charge in [0.1, 0.15) is 0 Å². The van der Waals surface area contributed by atoms with Crippen molar-refractivity contribution in [1.82, 2.24) is 10.2 Å². The topological polar surface area (TPSA) is 58.6 Å². The van der Waals surface area contributed by atoms with Crippen molar-refractivity contribution in [3.05, 3.63) is 34.3 Å². The summed E-state index contributed by atoms with van der Waals surface area (Å²) in [5, 5.41) is 3.10. The van der Waals surface area contributed by atoms with Crippen LogP contribution in [0.3, 0.4) is 0 Å². The molecule has 0 aliphatic carbocycles. The predicted molar refractivity (Wildman–Crippen MR) is 111 cm³/mol. The van der Waals surface area contributed by atoms with Crippen LogP contribution in [0.4, 0.5) is 4.79 Å². The molecule has 0 atom stereocenters. The molecule has 1 heterocycles. The summed E-state index contributed by atoms with van der Waals surface area (Å²) < 4.78 is 6.32. The smallest absolute Gasteiger partial charge is 0.409 e. The highest BCUT2D eigenvalue weighted by Gasteiger charge is 2.29. The summed E-state index contributed by atoms with van der Waals surface area (Å²) in [6.45, 7) is 10.5. The Balaban J connectivity index is 1.79. The fraction of sp³-hybridized carbons (Fsp3) is 0.619. The average molecular weight is 439 g/mol. The molecule has 27 heavy (non-hydrogen) atoms. The number of hydrogen-bond donors (Lipinski definition) is 1. The molecule has 1 aliphatic rings. The molecule has 0 bridgehead atoms. The lowest BCUT2D eigenvalue weighted by atomic mass is 9.84. The molecule has 0 unspecified atom stereocenters. The van der Waals surface area contributed by atoms with Gasteiger partial charge in [0, 0.05) is 35.4 Å². The molecule has 1 fully saturated rings. The average Bonchev–Trinajstić information content (AvgIpc) is 2.64. The monoisotopic (exact) mass is 438 g/mol. The lowest BCUT2D eigenvalue weighted by Crippen LogP contribution is -2.45. The molecule has 5 nitrogen and oxygen atoms in total. The number of hydrogen-bond acceptors (Lipinski definition) is 3. The fourth-order valence-corrected chi connectivity index (χ4v) is 3.37. The zero-order chi connectivity index (χ0) is 20.0. The summed E-state index contributed by atoms with van der Waals surface area (Å²) in [6, 6.07) is 8.20. The van der Waals surface area contributed by atoms with Gasteiger partial charge in [0.25, 0.3) is 0 Å². The van der Waals surface area contributed by atoms with Crippen molar-refractivity contribution in [2.24, 2.45) is 11.8 Å². The zero-order valence-electron chi connectivity index (χ0n) is 16.8. The third-order valence-corrected chi connectivity index (χ3v) is 5.52. The molecule has 1 aromatic rings. The number of rotatable bonds is 6. The van der Waals surface area contributed by atoms with E-state index in [0.717, 1.165) is 4.47 Å². The highest BCUT2D eigenvalue weighted by Crippen LogP contribution is 2.25. The van der Waals surface area contributed by atoms with Crippen molar-refractivity contribution in [1.29, 1.82) is 0 Å². The molecule has 2 amide bonds. The van der Waals surface area contributed by atoms with E-state index in [2.05, 4.69) is 47.2 Å². The van der Waals surface area contributed by atoms with Crippen LogP contribution in [-0.4, -0.2) is 43.1 Å². The fourth-order valence-electron chi connectivity index (χ4n) is 3.11. The first kappa shape index (κ1) is 21.7. The molecular formula is C21H31BrN2O3. The molecule has 1 N–H and O–H groups in total. The van der Waals surface area contributed by atoms with Gasteiger partial charge in [-0.25, -0.2) is 4.79 Å². The quantitative estimate of drug-likeness (QED) is 0.717.